The Morgan fingerprint density at radius 2 is 1.77 bits per heavy atom. The number of amides is 1. The minimum atomic E-state index is -0.845. The van der Waals surface area contributed by atoms with Crippen molar-refractivity contribution < 1.29 is 33.5 Å². The van der Waals surface area contributed by atoms with Gasteiger partial charge in [0.25, 0.3) is 5.91 Å². The normalized spacial score (nSPS) is 19.5. The Hall–Kier alpha value is -3.88. The van der Waals surface area contributed by atoms with E-state index in [-0.39, 0.29) is 5.57 Å². The largest absolute Gasteiger partial charge is 0.872 e. The summed E-state index contributed by atoms with van der Waals surface area (Å²) in [6.45, 7) is 8.76. The Kier molecular flexibility index (Phi) is 8.14. The summed E-state index contributed by atoms with van der Waals surface area (Å²) in [6, 6.07) is 17.4. The van der Waals surface area contributed by atoms with E-state index in [0.717, 1.165) is 44.0 Å². The molecule has 2 saturated heterocycles. The van der Waals surface area contributed by atoms with E-state index >= 15 is 0 Å². The van der Waals surface area contributed by atoms with Crippen molar-refractivity contribution in [1.29, 1.82) is 0 Å². The molecule has 1 N–H and O–H groups in total. The van der Waals surface area contributed by atoms with Crippen molar-refractivity contribution in [1.82, 2.24) is 4.90 Å². The molecule has 2 fully saturated rings. The van der Waals surface area contributed by atoms with E-state index in [9.17, 15) is 14.7 Å². The van der Waals surface area contributed by atoms with Crippen LogP contribution in [0.1, 0.15) is 40.7 Å². The number of likely N-dealkylation sites (tertiary alicyclic amines) is 1. The Morgan fingerprint density at radius 3 is 2.46 bits per heavy atom. The fourth-order valence-corrected chi connectivity index (χ4v) is 5.20. The van der Waals surface area contributed by atoms with E-state index in [4.69, 9.17) is 13.9 Å². The molecular formula is C31H34N2O6. The Morgan fingerprint density at radius 1 is 1.03 bits per heavy atom. The molecule has 8 nitrogen and oxygen atoms in total. The average molecular weight is 531 g/mol. The minimum Gasteiger partial charge on any atom is -0.872 e. The summed E-state index contributed by atoms with van der Waals surface area (Å²) in [4.78, 5) is 29.3. The van der Waals surface area contributed by atoms with E-state index < -0.39 is 23.5 Å². The zero-order chi connectivity index (χ0) is 27.4. The van der Waals surface area contributed by atoms with Gasteiger partial charge < -0.3 is 28.8 Å². The van der Waals surface area contributed by atoms with Crippen molar-refractivity contribution in [2.45, 2.75) is 32.9 Å². The highest BCUT2D eigenvalue weighted by Crippen LogP contribution is 2.39. The summed E-state index contributed by atoms with van der Waals surface area (Å²) in [5.41, 5.74) is 2.47. The van der Waals surface area contributed by atoms with Gasteiger partial charge in [0.2, 0.25) is 5.78 Å². The lowest BCUT2D eigenvalue weighted by Gasteiger charge is -2.27. The number of aryl methyl sites for hydroxylation is 2. The van der Waals surface area contributed by atoms with Crippen molar-refractivity contribution in [2.75, 3.05) is 39.4 Å². The molecule has 5 rings (SSSR count). The van der Waals surface area contributed by atoms with Crippen LogP contribution in [0.3, 0.4) is 0 Å². The Bertz CT molecular complexity index is 1350. The molecular weight excluding hydrogens is 496 g/mol. The molecule has 8 heteroatoms. The summed E-state index contributed by atoms with van der Waals surface area (Å²) in [5.74, 6) is -0.216. The Labute approximate surface area is 228 Å². The fourth-order valence-electron chi connectivity index (χ4n) is 5.20. The van der Waals surface area contributed by atoms with Gasteiger partial charge in [0, 0.05) is 18.5 Å². The maximum atomic E-state index is 13.7. The molecule has 0 radical (unpaired) electrons. The molecule has 1 aromatic heterocycles. The highest BCUT2D eigenvalue weighted by Gasteiger charge is 2.45. The molecule has 1 atom stereocenters. The van der Waals surface area contributed by atoms with Gasteiger partial charge in [0.15, 0.2) is 0 Å². The van der Waals surface area contributed by atoms with Crippen molar-refractivity contribution in [2.24, 2.45) is 0 Å². The second kappa shape index (κ2) is 11.9. The summed E-state index contributed by atoms with van der Waals surface area (Å²) >= 11 is 0. The number of morpholine rings is 1. The van der Waals surface area contributed by atoms with Crippen LogP contribution >= 0.6 is 0 Å². The van der Waals surface area contributed by atoms with Gasteiger partial charge in [-0.1, -0.05) is 42.2 Å². The maximum Gasteiger partial charge on any atom is 0.295 e. The molecule has 0 aliphatic carbocycles. The number of ketones is 1. The molecule has 0 spiro atoms. The van der Waals surface area contributed by atoms with Crippen LogP contribution in [0, 0.1) is 13.8 Å². The van der Waals surface area contributed by atoms with Crippen molar-refractivity contribution in [3.8, 4) is 5.75 Å². The van der Waals surface area contributed by atoms with Gasteiger partial charge in [0.05, 0.1) is 19.8 Å². The lowest BCUT2D eigenvalue weighted by atomic mass is 9.99. The summed E-state index contributed by atoms with van der Waals surface area (Å²) in [5, 5.41) is 13.7. The minimum absolute atomic E-state index is 0.0679. The monoisotopic (exact) mass is 530 g/mol. The van der Waals surface area contributed by atoms with Gasteiger partial charge in [-0.15, -0.1) is 0 Å². The predicted molar refractivity (Wildman–Crippen MR) is 143 cm³/mol. The number of rotatable bonds is 9. The van der Waals surface area contributed by atoms with Crippen LogP contribution in [0.2, 0.25) is 0 Å². The van der Waals surface area contributed by atoms with E-state index in [1.54, 1.807) is 43.3 Å². The number of hydrogen-bond donors (Lipinski definition) is 1. The van der Waals surface area contributed by atoms with Crippen molar-refractivity contribution in [3.63, 3.8) is 0 Å². The van der Waals surface area contributed by atoms with Crippen LogP contribution < -0.4 is 14.7 Å². The zero-order valence-electron chi connectivity index (χ0n) is 22.4. The van der Waals surface area contributed by atoms with E-state index in [0.29, 0.717) is 42.4 Å². The second-order valence-electron chi connectivity index (χ2n) is 10.1. The molecule has 39 heavy (non-hydrogen) atoms. The number of ether oxygens (including phenoxy) is 2. The van der Waals surface area contributed by atoms with E-state index in [1.165, 1.54) is 9.80 Å². The average Bonchev–Trinajstić information content (AvgIpc) is 3.49. The van der Waals surface area contributed by atoms with Gasteiger partial charge in [-0.25, -0.2) is 0 Å². The van der Waals surface area contributed by atoms with Gasteiger partial charge >= 0.3 is 0 Å². The molecule has 2 aliphatic rings. The third-order valence-corrected chi connectivity index (χ3v) is 7.46. The number of carbonyl (C=O) groups is 2. The van der Waals surface area contributed by atoms with Crippen LogP contribution in [-0.4, -0.2) is 56.0 Å². The van der Waals surface area contributed by atoms with Crippen LogP contribution in [0.5, 0.6) is 5.75 Å². The second-order valence-corrected chi connectivity index (χ2v) is 10.1. The summed E-state index contributed by atoms with van der Waals surface area (Å²) < 4.78 is 17.2. The van der Waals surface area contributed by atoms with Crippen LogP contribution in [0.4, 0.5) is 0 Å². The zero-order valence-corrected chi connectivity index (χ0v) is 22.4. The molecule has 1 unspecified atom stereocenters. The first-order chi connectivity index (χ1) is 18.9. The number of hydrogen-bond acceptors (Lipinski definition) is 6. The van der Waals surface area contributed by atoms with Gasteiger partial charge in [-0.05, 0) is 54.8 Å². The lowest BCUT2D eigenvalue weighted by Crippen LogP contribution is -3.14. The highest BCUT2D eigenvalue weighted by molar-refractivity contribution is 6.46. The number of nitrogens with zero attached hydrogens (tertiary/aromatic N) is 1. The third kappa shape index (κ3) is 5.92. The summed E-state index contributed by atoms with van der Waals surface area (Å²) in [6.07, 6.45) is 0.707. The van der Waals surface area contributed by atoms with Gasteiger partial charge in [0.1, 0.15) is 43.0 Å². The number of furan rings is 1. The van der Waals surface area contributed by atoms with Crippen LogP contribution in [-0.2, 0) is 20.9 Å². The quantitative estimate of drug-likeness (QED) is 0.258. The predicted octanol–water partition coefficient (Wildman–Crippen LogP) is 2.00. The Balaban J connectivity index is 1.36. The van der Waals surface area contributed by atoms with Gasteiger partial charge in [-0.2, -0.15) is 0 Å². The first-order valence-corrected chi connectivity index (χ1v) is 13.4. The molecule has 2 aromatic carbocycles. The molecule has 2 aliphatic heterocycles. The fraction of sp³-hybridized carbons (Fsp3) is 0.355. The topological polar surface area (TPSA) is 96.5 Å². The maximum absolute atomic E-state index is 13.7. The van der Waals surface area contributed by atoms with E-state index in [2.05, 4.69) is 0 Å². The third-order valence-electron chi connectivity index (χ3n) is 7.46. The summed E-state index contributed by atoms with van der Waals surface area (Å²) in [7, 11) is 0. The molecule has 3 aromatic rings. The smallest absolute Gasteiger partial charge is 0.295 e. The molecule has 204 valence electrons. The molecule has 0 saturated carbocycles. The number of carbonyl (C=O) groups excluding carboxylic acids is 2. The van der Waals surface area contributed by atoms with Crippen LogP contribution in [0.15, 0.2) is 70.7 Å². The number of quaternary nitrogens is 1. The first kappa shape index (κ1) is 26.7. The van der Waals surface area contributed by atoms with Gasteiger partial charge in [-0.3, -0.25) is 9.59 Å². The molecule has 3 heterocycles. The number of nitrogens with one attached hydrogen (secondary N) is 1. The SMILES string of the molecule is Cc1ccc(C2C(=C([O-])c3ccc(OCc4ccccc4C)cc3)C(=O)C(=O)N2CCC[NH+]2CCOCC2)o1. The standard InChI is InChI=1S/C31H34N2O6/c1-21-6-3-4-7-24(21)20-38-25-11-9-23(10-12-25)29(34)27-28(26-13-8-22(2)39-26)33(31(36)30(27)35)15-5-14-32-16-18-37-19-17-32/h3-4,6-13,28,34H,5,14-20H2,1-2H3. The first-order valence-electron chi connectivity index (χ1n) is 13.4. The van der Waals surface area contributed by atoms with Crippen molar-refractivity contribution in [3.05, 3.63) is 94.4 Å². The number of benzene rings is 2. The number of Topliss-reactive ketones (excluding diaryl/α,β-unsaturated/α-hetero) is 1. The van der Waals surface area contributed by atoms with E-state index in [1.807, 2.05) is 31.2 Å². The molecule has 1 amide bonds. The molecule has 0 bridgehead atoms. The van der Waals surface area contributed by atoms with Crippen molar-refractivity contribution >= 4 is 17.4 Å². The van der Waals surface area contributed by atoms with Crippen LogP contribution in [0.25, 0.3) is 5.76 Å². The highest BCUT2D eigenvalue weighted by atomic mass is 16.5. The lowest BCUT2D eigenvalue weighted by molar-refractivity contribution is -0.908.